The molecule has 0 spiro atoms. The van der Waals surface area contributed by atoms with E-state index in [1.54, 1.807) is 6.07 Å². The van der Waals surface area contributed by atoms with Gasteiger partial charge in [0.25, 0.3) is 0 Å². The first-order valence-electron chi connectivity index (χ1n) is 10.8. The monoisotopic (exact) mass is 383 g/mol. The molecule has 4 heteroatoms. The van der Waals surface area contributed by atoms with E-state index < -0.39 is 0 Å². The van der Waals surface area contributed by atoms with E-state index in [0.29, 0.717) is 29.7 Å². The van der Waals surface area contributed by atoms with E-state index in [2.05, 4.69) is 23.3 Å². The van der Waals surface area contributed by atoms with Gasteiger partial charge in [0.2, 0.25) is 0 Å². The third-order valence-electron chi connectivity index (χ3n) is 5.50. The summed E-state index contributed by atoms with van der Waals surface area (Å²) in [7, 11) is 0. The minimum absolute atomic E-state index is 0.321. The van der Waals surface area contributed by atoms with Gasteiger partial charge >= 0.3 is 0 Å². The predicted octanol–water partition coefficient (Wildman–Crippen LogP) is 6.57. The van der Waals surface area contributed by atoms with Crippen LogP contribution in [0.4, 0.5) is 4.39 Å². The second kappa shape index (κ2) is 11.1. The number of aryl methyl sites for hydroxylation is 1. The first-order chi connectivity index (χ1) is 13.8. The van der Waals surface area contributed by atoms with E-state index in [1.165, 1.54) is 38.2 Å². The highest BCUT2D eigenvalue weighted by Gasteiger charge is 2.15. The van der Waals surface area contributed by atoms with Crippen molar-refractivity contribution < 1.29 is 9.13 Å². The topological polar surface area (TPSA) is 35.0 Å². The number of nitrogens with zero attached hydrogens (tertiary/aromatic N) is 2. The molecule has 1 heterocycles. The van der Waals surface area contributed by atoms with Gasteiger partial charge in [-0.25, -0.2) is 14.4 Å². The number of aromatic nitrogens is 2. The molecule has 0 atom stereocenters. The summed E-state index contributed by atoms with van der Waals surface area (Å²) in [5.41, 5.74) is 1.83. The number of hydrogen-bond acceptors (Lipinski definition) is 3. The fraction of sp³-hybridized carbons (Fsp3) is 0.542. The third kappa shape index (κ3) is 6.29. The fourth-order valence-corrected chi connectivity index (χ4v) is 3.69. The largest absolute Gasteiger partial charge is 0.490 e. The van der Waals surface area contributed by atoms with E-state index in [9.17, 15) is 4.39 Å². The van der Waals surface area contributed by atoms with Crippen LogP contribution < -0.4 is 4.74 Å². The van der Waals surface area contributed by atoms with Crippen LogP contribution in [0.2, 0.25) is 0 Å². The van der Waals surface area contributed by atoms with Crippen LogP contribution in [0.15, 0.2) is 30.6 Å². The first kappa shape index (κ1) is 20.8. The van der Waals surface area contributed by atoms with Crippen LogP contribution in [0.1, 0.15) is 70.3 Å². The van der Waals surface area contributed by atoms with Gasteiger partial charge in [0.15, 0.2) is 17.4 Å². The van der Waals surface area contributed by atoms with Crippen molar-refractivity contribution in [3.05, 3.63) is 48.4 Å². The second-order valence-corrected chi connectivity index (χ2v) is 7.84. The molecule has 3 nitrogen and oxygen atoms in total. The van der Waals surface area contributed by atoms with Crippen molar-refractivity contribution in [2.75, 3.05) is 6.61 Å². The van der Waals surface area contributed by atoms with Crippen LogP contribution in [0.5, 0.6) is 5.75 Å². The maximum atomic E-state index is 14.5. The fourth-order valence-electron chi connectivity index (χ4n) is 3.69. The lowest BCUT2D eigenvalue weighted by molar-refractivity contribution is 0.213. The minimum Gasteiger partial charge on any atom is -0.490 e. The van der Waals surface area contributed by atoms with Gasteiger partial charge < -0.3 is 4.74 Å². The lowest BCUT2D eigenvalue weighted by Gasteiger charge is -2.21. The molecular weight excluding hydrogens is 351 g/mol. The van der Waals surface area contributed by atoms with Gasteiger partial charge in [0, 0.05) is 18.0 Å². The lowest BCUT2D eigenvalue weighted by atomic mass is 9.90. The zero-order valence-corrected chi connectivity index (χ0v) is 17.0. The highest BCUT2D eigenvalue weighted by Crippen LogP contribution is 2.27. The van der Waals surface area contributed by atoms with Crippen LogP contribution in [0.3, 0.4) is 0 Å². The summed E-state index contributed by atoms with van der Waals surface area (Å²) < 4.78 is 20.2. The number of halogens is 1. The molecule has 1 aliphatic carbocycles. The summed E-state index contributed by atoms with van der Waals surface area (Å²) in [5.74, 6) is 1.07. The van der Waals surface area contributed by atoms with Gasteiger partial charge in [0.1, 0.15) is 0 Å². The quantitative estimate of drug-likeness (QED) is 0.435. The maximum absolute atomic E-state index is 14.5. The van der Waals surface area contributed by atoms with Crippen LogP contribution in [-0.4, -0.2) is 16.6 Å². The zero-order valence-electron chi connectivity index (χ0n) is 17.0. The summed E-state index contributed by atoms with van der Waals surface area (Å²) in [6.07, 6.45) is 17.9. The van der Waals surface area contributed by atoms with Gasteiger partial charge in [0.05, 0.1) is 6.61 Å². The molecule has 1 radical (unpaired) electrons. The SMILES string of the molecule is CCCCCCCc1cnc(-c2ccc(OCC3CC[CH]CC3)c(F)c2)nc1. The average Bonchev–Trinajstić information content (AvgIpc) is 2.74. The number of benzene rings is 1. The highest BCUT2D eigenvalue weighted by molar-refractivity contribution is 5.56. The van der Waals surface area contributed by atoms with E-state index in [-0.39, 0.29) is 5.82 Å². The Balaban J connectivity index is 1.52. The molecule has 2 aromatic rings. The molecule has 0 saturated heterocycles. The van der Waals surface area contributed by atoms with Gasteiger partial charge in [-0.15, -0.1) is 0 Å². The Morgan fingerprint density at radius 2 is 1.79 bits per heavy atom. The van der Waals surface area contributed by atoms with Crippen LogP contribution in [0, 0.1) is 18.2 Å². The standard InChI is InChI=1S/C24H32FN2O/c1-2-3-4-5-7-12-20-16-26-24(27-17-20)21-13-14-23(22(25)15-21)28-18-19-10-8-6-9-11-19/h6,13-17,19H,2-5,7-12,18H2,1H3. The molecule has 151 valence electrons. The molecule has 28 heavy (non-hydrogen) atoms. The first-order valence-corrected chi connectivity index (χ1v) is 10.8. The molecule has 1 saturated carbocycles. The van der Waals surface area contributed by atoms with Crippen LogP contribution in [0.25, 0.3) is 11.4 Å². The molecule has 0 N–H and O–H groups in total. The number of hydrogen-bond donors (Lipinski definition) is 0. The predicted molar refractivity (Wildman–Crippen MR) is 112 cm³/mol. The molecule has 3 rings (SSSR count). The molecule has 0 amide bonds. The molecular formula is C24H32FN2O. The van der Waals surface area contributed by atoms with Crippen molar-refractivity contribution in [1.29, 1.82) is 0 Å². The van der Waals surface area contributed by atoms with Crippen molar-refractivity contribution in [3.8, 4) is 17.1 Å². The van der Waals surface area contributed by atoms with Gasteiger partial charge in [-0.05, 0) is 74.6 Å². The van der Waals surface area contributed by atoms with Gasteiger partial charge in [-0.2, -0.15) is 0 Å². The Hall–Kier alpha value is -1.97. The summed E-state index contributed by atoms with van der Waals surface area (Å²) in [4.78, 5) is 8.86. The second-order valence-electron chi connectivity index (χ2n) is 7.84. The van der Waals surface area contributed by atoms with Crippen molar-refractivity contribution in [3.63, 3.8) is 0 Å². The van der Waals surface area contributed by atoms with Crippen molar-refractivity contribution in [1.82, 2.24) is 9.97 Å². The summed E-state index contributed by atoms with van der Waals surface area (Å²) >= 11 is 0. The van der Waals surface area contributed by atoms with Crippen molar-refractivity contribution >= 4 is 0 Å². The number of ether oxygens (including phenoxy) is 1. The average molecular weight is 384 g/mol. The van der Waals surface area contributed by atoms with Gasteiger partial charge in [-0.1, -0.05) is 32.6 Å². The molecule has 1 aromatic heterocycles. The zero-order chi connectivity index (χ0) is 19.6. The summed E-state index contributed by atoms with van der Waals surface area (Å²) in [5, 5.41) is 0. The van der Waals surface area contributed by atoms with E-state index >= 15 is 0 Å². The highest BCUT2D eigenvalue weighted by atomic mass is 19.1. The van der Waals surface area contributed by atoms with Crippen molar-refractivity contribution in [2.24, 2.45) is 5.92 Å². The van der Waals surface area contributed by atoms with E-state index in [0.717, 1.165) is 37.7 Å². The molecule has 1 fully saturated rings. The van der Waals surface area contributed by atoms with Crippen LogP contribution >= 0.6 is 0 Å². The lowest BCUT2D eigenvalue weighted by Crippen LogP contribution is -2.15. The molecule has 0 bridgehead atoms. The normalized spacial score (nSPS) is 14.9. The van der Waals surface area contributed by atoms with Crippen LogP contribution in [-0.2, 0) is 6.42 Å². The minimum atomic E-state index is -0.344. The number of rotatable bonds is 10. The Labute approximate surface area is 168 Å². The van der Waals surface area contributed by atoms with E-state index in [1.807, 2.05) is 18.5 Å². The summed E-state index contributed by atoms with van der Waals surface area (Å²) in [6.45, 7) is 2.82. The Morgan fingerprint density at radius 1 is 1.04 bits per heavy atom. The molecule has 1 aromatic carbocycles. The molecule has 1 aliphatic rings. The Bertz CT molecular complexity index is 711. The molecule has 0 aliphatic heterocycles. The Morgan fingerprint density at radius 3 is 2.50 bits per heavy atom. The smallest absolute Gasteiger partial charge is 0.165 e. The van der Waals surface area contributed by atoms with Crippen molar-refractivity contribution in [2.45, 2.75) is 71.1 Å². The van der Waals surface area contributed by atoms with E-state index in [4.69, 9.17) is 4.74 Å². The molecule has 0 unspecified atom stereocenters. The summed E-state index contributed by atoms with van der Waals surface area (Å²) in [6, 6.07) is 5.02. The third-order valence-corrected chi connectivity index (χ3v) is 5.50. The number of unbranched alkanes of at least 4 members (excludes halogenated alkanes) is 4. The maximum Gasteiger partial charge on any atom is 0.165 e. The Kier molecular flexibility index (Phi) is 8.25. The van der Waals surface area contributed by atoms with Gasteiger partial charge in [-0.3, -0.25) is 0 Å².